The molecular formula is C11H13FO. The molecule has 2 heteroatoms. The first-order valence-corrected chi connectivity index (χ1v) is 4.35. The second-order valence-electron chi connectivity index (χ2n) is 3.33. The molecule has 70 valence electrons. The summed E-state index contributed by atoms with van der Waals surface area (Å²) in [6.07, 6.45) is -1.47. The van der Waals surface area contributed by atoms with Gasteiger partial charge in [0.25, 0.3) is 0 Å². The summed E-state index contributed by atoms with van der Waals surface area (Å²) in [4.78, 5) is 11.3. The van der Waals surface area contributed by atoms with Gasteiger partial charge in [-0.3, -0.25) is 4.79 Å². The number of alkyl halides is 1. The van der Waals surface area contributed by atoms with Crippen LogP contribution in [0.4, 0.5) is 4.39 Å². The molecule has 0 amide bonds. The molecule has 1 rings (SSSR count). The van der Waals surface area contributed by atoms with E-state index in [9.17, 15) is 9.18 Å². The molecule has 1 unspecified atom stereocenters. The summed E-state index contributed by atoms with van der Waals surface area (Å²) in [5.74, 6) is -0.610. The molecule has 0 aliphatic carbocycles. The molecule has 0 N–H and O–H groups in total. The van der Waals surface area contributed by atoms with Crippen LogP contribution in [-0.2, 0) is 4.79 Å². The molecule has 0 spiro atoms. The minimum Gasteiger partial charge on any atom is -0.296 e. The van der Waals surface area contributed by atoms with Gasteiger partial charge >= 0.3 is 0 Å². The molecule has 0 aromatic heterocycles. The Morgan fingerprint density at radius 2 is 1.77 bits per heavy atom. The van der Waals surface area contributed by atoms with Crippen molar-refractivity contribution in [1.82, 2.24) is 0 Å². The highest BCUT2D eigenvalue weighted by molar-refractivity contribution is 5.85. The Bertz CT molecular complexity index is 279. The molecule has 1 aromatic carbocycles. The third-order valence-corrected chi connectivity index (χ3v) is 1.91. The minimum atomic E-state index is -1.47. The van der Waals surface area contributed by atoms with E-state index in [1.54, 1.807) is 44.2 Å². The lowest BCUT2D eigenvalue weighted by molar-refractivity contribution is -0.127. The van der Waals surface area contributed by atoms with E-state index in [2.05, 4.69) is 0 Å². The molecule has 0 bridgehead atoms. The Morgan fingerprint density at radius 3 is 2.23 bits per heavy atom. The summed E-state index contributed by atoms with van der Waals surface area (Å²) in [5.41, 5.74) is 0.446. The molecular weight excluding hydrogens is 167 g/mol. The van der Waals surface area contributed by atoms with E-state index in [0.717, 1.165) is 0 Å². The highest BCUT2D eigenvalue weighted by Gasteiger charge is 2.21. The summed E-state index contributed by atoms with van der Waals surface area (Å²) >= 11 is 0. The Labute approximate surface area is 77.6 Å². The predicted molar refractivity (Wildman–Crippen MR) is 50.1 cm³/mol. The number of Topliss-reactive ketones (excluding diaryl/α,β-unsaturated/α-hetero) is 1. The number of hydrogen-bond acceptors (Lipinski definition) is 1. The van der Waals surface area contributed by atoms with Gasteiger partial charge in [-0.15, -0.1) is 0 Å². The Morgan fingerprint density at radius 1 is 1.23 bits per heavy atom. The van der Waals surface area contributed by atoms with Gasteiger partial charge in [0.2, 0.25) is 0 Å². The van der Waals surface area contributed by atoms with Gasteiger partial charge in [0.05, 0.1) is 0 Å². The van der Waals surface area contributed by atoms with E-state index in [1.165, 1.54) is 0 Å². The third kappa shape index (κ3) is 2.38. The van der Waals surface area contributed by atoms with E-state index >= 15 is 0 Å². The Kier molecular flexibility index (Phi) is 3.18. The van der Waals surface area contributed by atoms with Gasteiger partial charge in [-0.05, 0) is 5.56 Å². The highest BCUT2D eigenvalue weighted by Crippen LogP contribution is 2.21. The maximum Gasteiger partial charge on any atom is 0.183 e. The van der Waals surface area contributed by atoms with Crippen LogP contribution in [0.3, 0.4) is 0 Å². The van der Waals surface area contributed by atoms with Crippen LogP contribution in [0, 0.1) is 5.92 Å². The van der Waals surface area contributed by atoms with Crippen molar-refractivity contribution in [2.45, 2.75) is 20.0 Å². The lowest BCUT2D eigenvalue weighted by Gasteiger charge is -2.09. The van der Waals surface area contributed by atoms with Crippen molar-refractivity contribution in [3.05, 3.63) is 35.9 Å². The molecule has 0 aliphatic heterocycles. The molecule has 0 radical (unpaired) electrons. The average Bonchev–Trinajstić information content (AvgIpc) is 2.17. The monoisotopic (exact) mass is 180 g/mol. The molecule has 1 nitrogen and oxygen atoms in total. The fourth-order valence-corrected chi connectivity index (χ4v) is 1.08. The number of ketones is 1. The molecule has 0 aliphatic rings. The maximum atomic E-state index is 13.4. The van der Waals surface area contributed by atoms with Gasteiger partial charge in [0, 0.05) is 5.92 Å². The van der Waals surface area contributed by atoms with Crippen molar-refractivity contribution in [3.8, 4) is 0 Å². The van der Waals surface area contributed by atoms with E-state index in [-0.39, 0.29) is 11.7 Å². The first-order valence-electron chi connectivity index (χ1n) is 4.35. The summed E-state index contributed by atoms with van der Waals surface area (Å²) in [6.45, 7) is 3.41. The zero-order chi connectivity index (χ0) is 9.84. The molecule has 0 saturated heterocycles. The average molecular weight is 180 g/mol. The number of carbonyl (C=O) groups excluding carboxylic acids is 1. The van der Waals surface area contributed by atoms with Crippen molar-refractivity contribution < 1.29 is 9.18 Å². The predicted octanol–water partition coefficient (Wildman–Crippen LogP) is 2.92. The normalized spacial score (nSPS) is 12.9. The number of halogens is 1. The Hall–Kier alpha value is -1.18. The number of carbonyl (C=O) groups is 1. The first kappa shape index (κ1) is 9.90. The second kappa shape index (κ2) is 4.17. The summed E-state index contributed by atoms with van der Waals surface area (Å²) in [6, 6.07) is 8.52. The standard InChI is InChI=1S/C11H13FO/c1-8(2)11(13)10(12)9-6-4-3-5-7-9/h3-8,10H,1-2H3. The molecule has 0 fully saturated rings. The summed E-state index contributed by atoms with van der Waals surface area (Å²) in [5, 5.41) is 0. The van der Waals surface area contributed by atoms with Crippen LogP contribution < -0.4 is 0 Å². The molecule has 13 heavy (non-hydrogen) atoms. The van der Waals surface area contributed by atoms with Crippen molar-refractivity contribution in [2.24, 2.45) is 5.92 Å². The van der Waals surface area contributed by atoms with Crippen LogP contribution in [0.15, 0.2) is 30.3 Å². The fourth-order valence-electron chi connectivity index (χ4n) is 1.08. The quantitative estimate of drug-likeness (QED) is 0.699. The number of rotatable bonds is 3. The van der Waals surface area contributed by atoms with Crippen LogP contribution in [0.25, 0.3) is 0 Å². The smallest absolute Gasteiger partial charge is 0.183 e. The van der Waals surface area contributed by atoms with E-state index in [0.29, 0.717) is 5.56 Å². The second-order valence-corrected chi connectivity index (χ2v) is 3.33. The van der Waals surface area contributed by atoms with Gasteiger partial charge in [0.1, 0.15) is 0 Å². The highest BCUT2D eigenvalue weighted by atomic mass is 19.1. The van der Waals surface area contributed by atoms with E-state index in [4.69, 9.17) is 0 Å². The van der Waals surface area contributed by atoms with Gasteiger partial charge in [-0.1, -0.05) is 44.2 Å². The van der Waals surface area contributed by atoms with Crippen molar-refractivity contribution in [2.75, 3.05) is 0 Å². The SMILES string of the molecule is CC(C)C(=O)C(F)c1ccccc1. The lowest BCUT2D eigenvalue weighted by atomic mass is 9.99. The van der Waals surface area contributed by atoms with E-state index < -0.39 is 6.17 Å². The van der Waals surface area contributed by atoms with Gasteiger partial charge < -0.3 is 0 Å². The van der Waals surface area contributed by atoms with Crippen molar-refractivity contribution >= 4 is 5.78 Å². The topological polar surface area (TPSA) is 17.1 Å². The van der Waals surface area contributed by atoms with Gasteiger partial charge in [-0.25, -0.2) is 4.39 Å². The van der Waals surface area contributed by atoms with Crippen molar-refractivity contribution in [1.29, 1.82) is 0 Å². The maximum absolute atomic E-state index is 13.4. The summed E-state index contributed by atoms with van der Waals surface area (Å²) < 4.78 is 13.4. The molecule has 0 saturated carbocycles. The van der Waals surface area contributed by atoms with Crippen LogP contribution in [0.1, 0.15) is 25.6 Å². The number of hydrogen-bond donors (Lipinski definition) is 0. The van der Waals surface area contributed by atoms with Crippen LogP contribution in [0.2, 0.25) is 0 Å². The first-order chi connectivity index (χ1) is 6.13. The lowest BCUT2D eigenvalue weighted by Crippen LogP contribution is -2.14. The number of benzene rings is 1. The largest absolute Gasteiger partial charge is 0.296 e. The molecule has 0 heterocycles. The van der Waals surface area contributed by atoms with Gasteiger partial charge in [0.15, 0.2) is 12.0 Å². The van der Waals surface area contributed by atoms with Crippen LogP contribution >= 0.6 is 0 Å². The van der Waals surface area contributed by atoms with Crippen LogP contribution in [-0.4, -0.2) is 5.78 Å². The molecule has 1 aromatic rings. The molecule has 1 atom stereocenters. The minimum absolute atomic E-state index is 0.254. The van der Waals surface area contributed by atoms with E-state index in [1.807, 2.05) is 0 Å². The van der Waals surface area contributed by atoms with Crippen LogP contribution in [0.5, 0.6) is 0 Å². The zero-order valence-electron chi connectivity index (χ0n) is 7.83. The third-order valence-electron chi connectivity index (χ3n) is 1.91. The summed E-state index contributed by atoms with van der Waals surface area (Å²) in [7, 11) is 0. The van der Waals surface area contributed by atoms with Crippen molar-refractivity contribution in [3.63, 3.8) is 0 Å². The fraction of sp³-hybridized carbons (Fsp3) is 0.364. The Balaban J connectivity index is 2.80. The zero-order valence-corrected chi connectivity index (χ0v) is 7.83. The van der Waals surface area contributed by atoms with Gasteiger partial charge in [-0.2, -0.15) is 0 Å².